The Morgan fingerprint density at radius 1 is 1.00 bits per heavy atom. The summed E-state index contributed by atoms with van der Waals surface area (Å²) < 4.78 is 12.6. The quantitative estimate of drug-likeness (QED) is 0.391. The summed E-state index contributed by atoms with van der Waals surface area (Å²) >= 11 is -2.23. The third-order valence-electron chi connectivity index (χ3n) is 4.78. The van der Waals surface area contributed by atoms with E-state index < -0.39 is 18.4 Å². The zero-order valence-corrected chi connectivity index (χ0v) is 17.2. The summed E-state index contributed by atoms with van der Waals surface area (Å²) in [5.41, 5.74) is 0. The molecule has 0 bridgehead atoms. The van der Waals surface area contributed by atoms with Crippen LogP contribution in [0.3, 0.4) is 0 Å². The minimum atomic E-state index is -2.23. The first-order chi connectivity index (χ1) is 9.68. The number of ether oxygens (including phenoxy) is 1. The molecule has 0 aliphatic carbocycles. The zero-order valence-electron chi connectivity index (χ0n) is 14.3. The van der Waals surface area contributed by atoms with Gasteiger partial charge in [0.1, 0.15) is 0 Å². The first-order valence-corrected chi connectivity index (χ1v) is 16.5. The molecular formula is C18H36OSn. The van der Waals surface area contributed by atoms with Crippen LogP contribution >= 0.6 is 0 Å². The predicted molar refractivity (Wildman–Crippen MR) is 92.8 cm³/mol. The molecule has 1 heterocycles. The van der Waals surface area contributed by atoms with Crippen LogP contribution in [0.25, 0.3) is 0 Å². The molecule has 1 aliphatic heterocycles. The van der Waals surface area contributed by atoms with Crippen LogP contribution in [0, 0.1) is 0 Å². The molecule has 1 nitrogen and oxygen atoms in total. The van der Waals surface area contributed by atoms with E-state index in [1.807, 2.05) is 0 Å². The Labute approximate surface area is 131 Å². The molecular weight excluding hydrogens is 351 g/mol. The van der Waals surface area contributed by atoms with Crippen molar-refractivity contribution in [1.29, 1.82) is 0 Å². The van der Waals surface area contributed by atoms with Crippen molar-refractivity contribution in [2.75, 3.05) is 0 Å². The van der Waals surface area contributed by atoms with Crippen LogP contribution in [0.2, 0.25) is 13.3 Å². The maximum atomic E-state index is 6.40. The summed E-state index contributed by atoms with van der Waals surface area (Å²) in [7, 11) is 0. The van der Waals surface area contributed by atoms with Gasteiger partial charge in [0.2, 0.25) is 0 Å². The molecule has 0 aromatic carbocycles. The zero-order chi connectivity index (χ0) is 14.8. The van der Waals surface area contributed by atoms with Crippen LogP contribution in [0.5, 0.6) is 0 Å². The molecule has 2 heteroatoms. The van der Waals surface area contributed by atoms with Gasteiger partial charge in [-0.05, 0) is 0 Å². The van der Waals surface area contributed by atoms with Gasteiger partial charge >= 0.3 is 131 Å². The van der Waals surface area contributed by atoms with Crippen LogP contribution in [0.1, 0.15) is 79.1 Å². The molecule has 118 valence electrons. The summed E-state index contributed by atoms with van der Waals surface area (Å²) in [6, 6.07) is 0. The molecule has 0 aromatic rings. The first-order valence-electron chi connectivity index (χ1n) is 9.05. The van der Waals surface area contributed by atoms with Crippen molar-refractivity contribution in [2.45, 2.75) is 98.5 Å². The van der Waals surface area contributed by atoms with E-state index in [-0.39, 0.29) is 0 Å². The van der Waals surface area contributed by atoms with E-state index in [1.165, 1.54) is 64.7 Å². The standard InChI is InChI=1S/C6H9O.3C4H9.Sn/c1-6-4-2-3-5-7-6;3*1-3-4-2;/h3,6H,2,4H2,1H3;3*1,3-4H2,2H3;. The number of rotatable bonds is 10. The molecule has 1 rings (SSSR count). The summed E-state index contributed by atoms with van der Waals surface area (Å²) in [6.45, 7) is 9.29. The second-order valence-electron chi connectivity index (χ2n) is 6.67. The molecule has 1 aliphatic rings. The molecule has 1 unspecified atom stereocenters. The van der Waals surface area contributed by atoms with E-state index in [2.05, 4.69) is 33.8 Å². The Kier molecular flexibility index (Phi) is 9.31. The van der Waals surface area contributed by atoms with Gasteiger partial charge in [0.25, 0.3) is 0 Å². The monoisotopic (exact) mass is 388 g/mol. The summed E-state index contributed by atoms with van der Waals surface area (Å²) in [5.74, 6) is 0. The van der Waals surface area contributed by atoms with Gasteiger partial charge in [0.15, 0.2) is 0 Å². The van der Waals surface area contributed by atoms with Gasteiger partial charge in [-0.15, -0.1) is 0 Å². The fraction of sp³-hybridized carbons (Fsp3) is 0.889. The Morgan fingerprint density at radius 3 is 1.90 bits per heavy atom. The molecule has 0 spiro atoms. The molecule has 0 aromatic heterocycles. The molecule has 0 fully saturated rings. The summed E-state index contributed by atoms with van der Waals surface area (Å²) in [4.78, 5) is 0. The van der Waals surface area contributed by atoms with Crippen LogP contribution in [-0.2, 0) is 4.74 Å². The average Bonchev–Trinajstić information content (AvgIpc) is 2.47. The van der Waals surface area contributed by atoms with Crippen LogP contribution in [0.4, 0.5) is 0 Å². The van der Waals surface area contributed by atoms with E-state index >= 15 is 0 Å². The van der Waals surface area contributed by atoms with E-state index in [0.29, 0.717) is 6.10 Å². The minimum absolute atomic E-state index is 0.468. The third kappa shape index (κ3) is 5.61. The van der Waals surface area contributed by atoms with Gasteiger partial charge in [-0.3, -0.25) is 0 Å². The Morgan fingerprint density at radius 2 is 1.50 bits per heavy atom. The Balaban J connectivity index is 2.89. The number of hydrogen-bond donors (Lipinski definition) is 0. The maximum absolute atomic E-state index is 6.40. The van der Waals surface area contributed by atoms with E-state index in [9.17, 15) is 0 Å². The van der Waals surface area contributed by atoms with Crippen molar-refractivity contribution in [2.24, 2.45) is 0 Å². The van der Waals surface area contributed by atoms with Crippen molar-refractivity contribution in [3.05, 3.63) is 9.85 Å². The van der Waals surface area contributed by atoms with Gasteiger partial charge in [0, 0.05) is 0 Å². The molecule has 0 saturated heterocycles. The van der Waals surface area contributed by atoms with Gasteiger partial charge in [-0.25, -0.2) is 0 Å². The van der Waals surface area contributed by atoms with Gasteiger partial charge < -0.3 is 0 Å². The first kappa shape index (κ1) is 18.4. The number of unbranched alkanes of at least 4 members (excludes halogenated alkanes) is 3. The van der Waals surface area contributed by atoms with Crippen LogP contribution < -0.4 is 0 Å². The van der Waals surface area contributed by atoms with Crippen LogP contribution in [-0.4, -0.2) is 24.5 Å². The molecule has 0 saturated carbocycles. The Hall–Kier alpha value is 0.339. The van der Waals surface area contributed by atoms with Gasteiger partial charge in [0.05, 0.1) is 0 Å². The molecule has 1 atom stereocenters. The number of allylic oxidation sites excluding steroid dienone is 1. The predicted octanol–water partition coefficient (Wildman–Crippen LogP) is 6.46. The van der Waals surface area contributed by atoms with Crippen LogP contribution in [0.15, 0.2) is 9.85 Å². The van der Waals surface area contributed by atoms with Crippen molar-refractivity contribution >= 4 is 18.4 Å². The van der Waals surface area contributed by atoms with Crippen molar-refractivity contribution in [3.63, 3.8) is 0 Å². The van der Waals surface area contributed by atoms with E-state index in [0.717, 1.165) is 0 Å². The summed E-state index contributed by atoms with van der Waals surface area (Å²) in [5, 5.41) is 0. The van der Waals surface area contributed by atoms with Crippen molar-refractivity contribution in [1.82, 2.24) is 0 Å². The Bertz CT molecular complexity index is 263. The van der Waals surface area contributed by atoms with Gasteiger partial charge in [-0.1, -0.05) is 0 Å². The second kappa shape index (κ2) is 10.1. The third-order valence-corrected chi connectivity index (χ3v) is 19.9. The summed E-state index contributed by atoms with van der Waals surface area (Å²) in [6.07, 6.45) is 13.8. The van der Waals surface area contributed by atoms with Crippen molar-refractivity contribution in [3.8, 4) is 0 Å². The molecule has 0 N–H and O–H groups in total. The molecule has 0 radical (unpaired) electrons. The van der Waals surface area contributed by atoms with E-state index in [1.54, 1.807) is 3.78 Å². The fourth-order valence-corrected chi connectivity index (χ4v) is 19.4. The average molecular weight is 387 g/mol. The normalized spacial score (nSPS) is 19.6. The topological polar surface area (TPSA) is 9.23 Å². The SMILES string of the molecule is CCC[CH2][Sn]([CH2]CCC)([CH2]CCC)[C]1=CCCC(C)O1. The fourth-order valence-electron chi connectivity index (χ4n) is 3.40. The van der Waals surface area contributed by atoms with E-state index in [4.69, 9.17) is 4.74 Å². The number of hydrogen-bond acceptors (Lipinski definition) is 1. The second-order valence-corrected chi connectivity index (χ2v) is 19.7. The molecule has 20 heavy (non-hydrogen) atoms. The molecule has 0 amide bonds. The van der Waals surface area contributed by atoms with Crippen molar-refractivity contribution < 1.29 is 4.74 Å². The van der Waals surface area contributed by atoms with Gasteiger partial charge in [-0.2, -0.15) is 0 Å².